The first-order valence-corrected chi connectivity index (χ1v) is 8.99. The van der Waals surface area contributed by atoms with Crippen molar-refractivity contribution in [3.05, 3.63) is 65.4 Å². The molecule has 0 aliphatic heterocycles. The van der Waals surface area contributed by atoms with Gasteiger partial charge in [0.15, 0.2) is 0 Å². The molecule has 1 amide bonds. The van der Waals surface area contributed by atoms with Crippen LogP contribution in [0.15, 0.2) is 48.7 Å². The van der Waals surface area contributed by atoms with Gasteiger partial charge in [0.05, 0.1) is 31.7 Å². The first kappa shape index (κ1) is 19.2. The Balaban J connectivity index is 1.94. The topological polar surface area (TPSA) is 79.9 Å². The summed E-state index contributed by atoms with van der Waals surface area (Å²) in [5.74, 6) is 0.472. The Morgan fingerprint density at radius 1 is 1.18 bits per heavy atom. The van der Waals surface area contributed by atoms with Crippen molar-refractivity contribution in [2.24, 2.45) is 0 Å². The number of amides is 1. The van der Waals surface area contributed by atoms with Crippen molar-refractivity contribution in [2.45, 2.75) is 26.8 Å². The minimum Gasteiger partial charge on any atom is -0.497 e. The molecule has 3 rings (SSSR count). The summed E-state index contributed by atoms with van der Waals surface area (Å²) in [5.41, 5.74) is 4.92. The molecule has 0 aliphatic rings. The summed E-state index contributed by atoms with van der Waals surface area (Å²) in [5, 5.41) is 16.3. The van der Waals surface area contributed by atoms with Crippen LogP contribution >= 0.6 is 0 Å². The lowest BCUT2D eigenvalue weighted by molar-refractivity contribution is 0.102. The number of carbonyl (C=O) groups is 1. The minimum absolute atomic E-state index is 0.249. The maximum Gasteiger partial charge on any atom is 0.259 e. The van der Waals surface area contributed by atoms with Gasteiger partial charge in [0.2, 0.25) is 0 Å². The molecule has 142 valence electrons. The molecule has 6 nitrogen and oxygen atoms in total. The Hall–Kier alpha value is -3.59. The van der Waals surface area contributed by atoms with Gasteiger partial charge in [-0.05, 0) is 55.3 Å². The highest BCUT2D eigenvalue weighted by Gasteiger charge is 2.18. The number of methoxy groups -OCH3 is 1. The second kappa shape index (κ2) is 8.40. The number of nitriles is 1. The summed E-state index contributed by atoms with van der Waals surface area (Å²) in [4.78, 5) is 12.9. The molecule has 0 saturated heterocycles. The van der Waals surface area contributed by atoms with Crippen molar-refractivity contribution in [1.82, 2.24) is 9.78 Å². The van der Waals surface area contributed by atoms with Gasteiger partial charge in [0, 0.05) is 17.4 Å². The molecule has 0 bridgehead atoms. The molecule has 0 radical (unpaired) electrons. The molecule has 0 aliphatic carbocycles. The standard InChI is InChI=1S/C22H22N4O2/c1-15-5-6-17(13-16(15)2)21-20(14-26(25-21)12-4-11-23)22(27)24-18-7-9-19(28-3)10-8-18/h5-10,13-14H,4,12H2,1-3H3,(H,24,27). The van der Waals surface area contributed by atoms with Gasteiger partial charge in [-0.1, -0.05) is 12.1 Å². The van der Waals surface area contributed by atoms with Crippen molar-refractivity contribution in [1.29, 1.82) is 5.26 Å². The van der Waals surface area contributed by atoms with Crippen molar-refractivity contribution in [2.75, 3.05) is 12.4 Å². The molecule has 0 spiro atoms. The Morgan fingerprint density at radius 2 is 1.93 bits per heavy atom. The lowest BCUT2D eigenvalue weighted by Gasteiger charge is -2.08. The molecule has 1 N–H and O–H groups in total. The van der Waals surface area contributed by atoms with E-state index in [9.17, 15) is 4.79 Å². The molecule has 6 heteroatoms. The summed E-state index contributed by atoms with van der Waals surface area (Å²) < 4.78 is 6.79. The largest absolute Gasteiger partial charge is 0.497 e. The summed E-state index contributed by atoms with van der Waals surface area (Å²) in [7, 11) is 1.60. The molecular weight excluding hydrogens is 352 g/mol. The van der Waals surface area contributed by atoms with Crippen LogP contribution in [-0.4, -0.2) is 22.8 Å². The van der Waals surface area contributed by atoms with E-state index in [1.807, 2.05) is 32.0 Å². The monoisotopic (exact) mass is 374 g/mol. The SMILES string of the molecule is COc1ccc(NC(=O)c2cn(CCC#N)nc2-c2ccc(C)c(C)c2)cc1. The number of ether oxygens (including phenoxy) is 1. The molecule has 0 atom stereocenters. The number of nitrogens with one attached hydrogen (secondary N) is 1. The van der Waals surface area contributed by atoms with Crippen LogP contribution in [0, 0.1) is 25.2 Å². The van der Waals surface area contributed by atoms with E-state index in [0.29, 0.717) is 29.9 Å². The highest BCUT2D eigenvalue weighted by Crippen LogP contribution is 2.26. The van der Waals surface area contributed by atoms with Gasteiger partial charge in [0.1, 0.15) is 11.4 Å². The summed E-state index contributed by atoms with van der Waals surface area (Å²) in [6.07, 6.45) is 2.02. The molecule has 0 unspecified atom stereocenters. The average molecular weight is 374 g/mol. The third-order valence-corrected chi connectivity index (χ3v) is 4.59. The average Bonchev–Trinajstić information content (AvgIpc) is 3.13. The normalized spacial score (nSPS) is 10.4. The van der Waals surface area contributed by atoms with E-state index in [1.54, 1.807) is 42.3 Å². The molecule has 0 fully saturated rings. The van der Waals surface area contributed by atoms with Crippen LogP contribution in [-0.2, 0) is 6.54 Å². The quantitative estimate of drug-likeness (QED) is 0.696. The van der Waals surface area contributed by atoms with E-state index in [2.05, 4.69) is 16.5 Å². The van der Waals surface area contributed by atoms with Gasteiger partial charge in [-0.3, -0.25) is 9.48 Å². The number of carbonyl (C=O) groups excluding carboxylic acids is 1. The van der Waals surface area contributed by atoms with Crippen molar-refractivity contribution >= 4 is 11.6 Å². The maximum atomic E-state index is 12.9. The van der Waals surface area contributed by atoms with E-state index < -0.39 is 0 Å². The molecule has 2 aromatic carbocycles. The second-order valence-electron chi connectivity index (χ2n) is 6.54. The van der Waals surface area contributed by atoms with Crippen LogP contribution in [0.3, 0.4) is 0 Å². The molecule has 1 heterocycles. The minimum atomic E-state index is -0.249. The summed E-state index contributed by atoms with van der Waals surface area (Å²) in [6.45, 7) is 4.51. The van der Waals surface area contributed by atoms with Crippen LogP contribution in [0.25, 0.3) is 11.3 Å². The fourth-order valence-corrected chi connectivity index (χ4v) is 2.84. The van der Waals surface area contributed by atoms with Gasteiger partial charge in [-0.25, -0.2) is 0 Å². The van der Waals surface area contributed by atoms with Gasteiger partial charge in [-0.15, -0.1) is 0 Å². The van der Waals surface area contributed by atoms with E-state index in [1.165, 1.54) is 5.56 Å². The zero-order chi connectivity index (χ0) is 20.1. The van der Waals surface area contributed by atoms with Gasteiger partial charge in [0.25, 0.3) is 5.91 Å². The van der Waals surface area contributed by atoms with Crippen LogP contribution in [0.5, 0.6) is 5.75 Å². The highest BCUT2D eigenvalue weighted by atomic mass is 16.5. The van der Waals surface area contributed by atoms with Gasteiger partial charge in [-0.2, -0.15) is 10.4 Å². The van der Waals surface area contributed by atoms with E-state index in [-0.39, 0.29) is 5.91 Å². The number of rotatable bonds is 6. The Labute approximate surface area is 164 Å². The number of aryl methyl sites for hydroxylation is 3. The highest BCUT2D eigenvalue weighted by molar-refractivity contribution is 6.08. The zero-order valence-corrected chi connectivity index (χ0v) is 16.2. The van der Waals surface area contributed by atoms with Crippen molar-refractivity contribution in [3.8, 4) is 23.1 Å². The molecule has 28 heavy (non-hydrogen) atoms. The zero-order valence-electron chi connectivity index (χ0n) is 16.2. The lowest BCUT2D eigenvalue weighted by atomic mass is 10.0. The molecule has 3 aromatic rings. The smallest absolute Gasteiger partial charge is 0.259 e. The van der Waals surface area contributed by atoms with Gasteiger partial charge < -0.3 is 10.1 Å². The van der Waals surface area contributed by atoms with E-state index in [0.717, 1.165) is 16.9 Å². The molecule has 1 aromatic heterocycles. The Bertz CT molecular complexity index is 1030. The van der Waals surface area contributed by atoms with Crippen molar-refractivity contribution in [3.63, 3.8) is 0 Å². The number of nitrogens with zero attached hydrogens (tertiary/aromatic N) is 3. The molecule has 0 saturated carbocycles. The second-order valence-corrected chi connectivity index (χ2v) is 6.54. The number of anilines is 1. The van der Waals surface area contributed by atoms with Crippen LogP contribution in [0.2, 0.25) is 0 Å². The molecular formula is C22H22N4O2. The van der Waals surface area contributed by atoms with Gasteiger partial charge >= 0.3 is 0 Å². The fourth-order valence-electron chi connectivity index (χ4n) is 2.84. The predicted molar refractivity (Wildman–Crippen MR) is 108 cm³/mol. The first-order chi connectivity index (χ1) is 13.5. The number of hydrogen-bond acceptors (Lipinski definition) is 4. The van der Waals surface area contributed by atoms with Crippen molar-refractivity contribution < 1.29 is 9.53 Å². The predicted octanol–water partition coefficient (Wildman–Crippen LogP) is 4.34. The third kappa shape index (κ3) is 4.21. The van der Waals surface area contributed by atoms with Crippen LogP contribution in [0.4, 0.5) is 5.69 Å². The Morgan fingerprint density at radius 3 is 2.57 bits per heavy atom. The van der Waals surface area contributed by atoms with E-state index in [4.69, 9.17) is 10.00 Å². The van der Waals surface area contributed by atoms with Crippen LogP contribution in [0.1, 0.15) is 27.9 Å². The maximum absolute atomic E-state index is 12.9. The first-order valence-electron chi connectivity index (χ1n) is 8.99. The third-order valence-electron chi connectivity index (χ3n) is 4.59. The lowest BCUT2D eigenvalue weighted by Crippen LogP contribution is -2.12. The fraction of sp³-hybridized carbons (Fsp3) is 0.227. The number of aromatic nitrogens is 2. The number of benzene rings is 2. The summed E-state index contributed by atoms with van der Waals surface area (Å²) >= 11 is 0. The van der Waals surface area contributed by atoms with Crippen LogP contribution < -0.4 is 10.1 Å². The van der Waals surface area contributed by atoms with E-state index >= 15 is 0 Å². The number of hydrogen-bond donors (Lipinski definition) is 1. The Kier molecular flexibility index (Phi) is 5.75. The summed E-state index contributed by atoms with van der Waals surface area (Å²) in [6, 6.07) is 15.3.